The standard InChI is InChI=1S/C29H42O3/c1-9-31-19-25-23(13-11-20(3)17-26(30)32-10-2)29(25,8)21-12-14-22-24(18-21)28(6,7)16-15-27(22,4)5/h11-14,17-18,23,25H,9-10,15-16,19H2,1-8H3/b13-11+,20-17+/t23-,25+,29+/m1/s1. The zero-order valence-electron chi connectivity index (χ0n) is 21.4. The van der Waals surface area contributed by atoms with E-state index in [4.69, 9.17) is 9.47 Å². The predicted octanol–water partition coefficient (Wildman–Crippen LogP) is 6.64. The van der Waals surface area contributed by atoms with Crippen molar-refractivity contribution in [3.8, 4) is 0 Å². The Kier molecular flexibility index (Phi) is 7.10. The van der Waals surface area contributed by atoms with Gasteiger partial charge in [-0.15, -0.1) is 0 Å². The molecule has 1 saturated carbocycles. The summed E-state index contributed by atoms with van der Waals surface area (Å²) in [5.41, 5.74) is 5.81. The van der Waals surface area contributed by atoms with Crippen LogP contribution in [0.15, 0.2) is 42.0 Å². The van der Waals surface area contributed by atoms with E-state index in [-0.39, 0.29) is 22.2 Å². The number of benzene rings is 1. The maximum absolute atomic E-state index is 11.8. The molecular formula is C29H42O3. The molecule has 0 bridgehead atoms. The Bertz CT molecular complexity index is 905. The van der Waals surface area contributed by atoms with E-state index in [0.29, 0.717) is 18.4 Å². The molecule has 1 fully saturated rings. The highest BCUT2D eigenvalue weighted by molar-refractivity contribution is 5.83. The van der Waals surface area contributed by atoms with E-state index in [1.54, 1.807) is 6.08 Å². The molecule has 0 heterocycles. The van der Waals surface area contributed by atoms with E-state index in [2.05, 4.69) is 71.9 Å². The summed E-state index contributed by atoms with van der Waals surface area (Å²) in [6.07, 6.45) is 8.35. The van der Waals surface area contributed by atoms with Crippen molar-refractivity contribution in [1.29, 1.82) is 0 Å². The molecule has 0 saturated heterocycles. The minimum Gasteiger partial charge on any atom is -0.463 e. The highest BCUT2D eigenvalue weighted by Gasteiger charge is 2.60. The van der Waals surface area contributed by atoms with E-state index >= 15 is 0 Å². The monoisotopic (exact) mass is 438 g/mol. The van der Waals surface area contributed by atoms with E-state index in [0.717, 1.165) is 18.8 Å². The van der Waals surface area contributed by atoms with Crippen molar-refractivity contribution in [1.82, 2.24) is 0 Å². The van der Waals surface area contributed by atoms with E-state index < -0.39 is 0 Å². The molecule has 0 unspecified atom stereocenters. The Morgan fingerprint density at radius 1 is 1.03 bits per heavy atom. The molecule has 2 aliphatic carbocycles. The summed E-state index contributed by atoms with van der Waals surface area (Å²) in [5, 5.41) is 0. The Hall–Kier alpha value is -1.87. The van der Waals surface area contributed by atoms with Crippen LogP contribution in [0.2, 0.25) is 0 Å². The lowest BCUT2D eigenvalue weighted by Crippen LogP contribution is -2.34. The summed E-state index contributed by atoms with van der Waals surface area (Å²) in [6, 6.07) is 7.24. The Morgan fingerprint density at radius 3 is 2.31 bits per heavy atom. The summed E-state index contributed by atoms with van der Waals surface area (Å²) < 4.78 is 10.9. The summed E-state index contributed by atoms with van der Waals surface area (Å²) in [7, 11) is 0. The van der Waals surface area contributed by atoms with Gasteiger partial charge in [-0.05, 0) is 78.5 Å². The van der Waals surface area contributed by atoms with Gasteiger partial charge in [-0.1, -0.05) is 65.0 Å². The molecule has 3 rings (SSSR count). The molecule has 1 aromatic carbocycles. The second kappa shape index (κ2) is 9.17. The Balaban J connectivity index is 1.92. The third-order valence-electron chi connectivity index (χ3n) is 7.96. The van der Waals surface area contributed by atoms with Crippen molar-refractivity contribution in [3.63, 3.8) is 0 Å². The molecule has 3 atom stereocenters. The van der Waals surface area contributed by atoms with Crippen LogP contribution in [-0.4, -0.2) is 25.8 Å². The molecule has 3 heteroatoms. The van der Waals surface area contributed by atoms with Crippen LogP contribution in [-0.2, 0) is 30.5 Å². The average molecular weight is 439 g/mol. The van der Waals surface area contributed by atoms with Crippen LogP contribution in [0.5, 0.6) is 0 Å². The lowest BCUT2D eigenvalue weighted by atomic mass is 9.62. The number of carbonyl (C=O) groups excluding carboxylic acids is 1. The fourth-order valence-electron chi connectivity index (χ4n) is 5.50. The molecule has 32 heavy (non-hydrogen) atoms. The SMILES string of the molecule is CCOC[C@H]1[C@@H](/C=C/C(C)=C/C(=O)OCC)[C@]1(C)c1ccc2c(c1)C(C)(C)CCC2(C)C. The summed E-state index contributed by atoms with van der Waals surface area (Å²) >= 11 is 0. The molecule has 0 spiro atoms. The smallest absolute Gasteiger partial charge is 0.330 e. The van der Waals surface area contributed by atoms with E-state index in [9.17, 15) is 4.79 Å². The summed E-state index contributed by atoms with van der Waals surface area (Å²) in [4.78, 5) is 11.8. The van der Waals surface area contributed by atoms with Crippen LogP contribution >= 0.6 is 0 Å². The number of esters is 1. The first-order chi connectivity index (χ1) is 15.0. The molecule has 0 N–H and O–H groups in total. The van der Waals surface area contributed by atoms with Crippen LogP contribution < -0.4 is 0 Å². The highest BCUT2D eigenvalue weighted by atomic mass is 16.5. The number of hydrogen-bond acceptors (Lipinski definition) is 3. The van der Waals surface area contributed by atoms with Gasteiger partial charge in [-0.2, -0.15) is 0 Å². The number of fused-ring (bicyclic) bond motifs is 1. The van der Waals surface area contributed by atoms with Gasteiger partial charge in [-0.25, -0.2) is 4.79 Å². The number of ether oxygens (including phenoxy) is 2. The quantitative estimate of drug-likeness (QED) is 0.259. The first-order valence-electron chi connectivity index (χ1n) is 12.2. The molecule has 0 radical (unpaired) electrons. The highest BCUT2D eigenvalue weighted by Crippen LogP contribution is 2.61. The van der Waals surface area contributed by atoms with Gasteiger partial charge in [-0.3, -0.25) is 0 Å². The van der Waals surface area contributed by atoms with Crippen LogP contribution in [0, 0.1) is 11.8 Å². The number of carbonyl (C=O) groups is 1. The zero-order valence-corrected chi connectivity index (χ0v) is 21.4. The van der Waals surface area contributed by atoms with Crippen molar-refractivity contribution < 1.29 is 14.3 Å². The molecule has 0 aromatic heterocycles. The topological polar surface area (TPSA) is 35.5 Å². The van der Waals surface area contributed by atoms with Gasteiger partial charge in [0.25, 0.3) is 0 Å². The maximum atomic E-state index is 11.8. The van der Waals surface area contributed by atoms with Crippen molar-refractivity contribution in [3.05, 3.63) is 58.7 Å². The van der Waals surface area contributed by atoms with Crippen LogP contribution in [0.1, 0.15) is 84.9 Å². The van der Waals surface area contributed by atoms with Gasteiger partial charge in [0.1, 0.15) is 0 Å². The third-order valence-corrected chi connectivity index (χ3v) is 7.96. The van der Waals surface area contributed by atoms with Gasteiger partial charge >= 0.3 is 5.97 Å². The molecule has 3 nitrogen and oxygen atoms in total. The first-order valence-corrected chi connectivity index (χ1v) is 12.2. The molecule has 0 aliphatic heterocycles. The van der Waals surface area contributed by atoms with Crippen molar-refractivity contribution >= 4 is 5.97 Å². The minimum atomic E-state index is -0.279. The van der Waals surface area contributed by atoms with Gasteiger partial charge in [0, 0.05) is 18.1 Å². The van der Waals surface area contributed by atoms with E-state index in [1.165, 1.54) is 29.5 Å². The second-order valence-electron chi connectivity index (χ2n) is 11.1. The zero-order chi connectivity index (χ0) is 23.7. The molecule has 176 valence electrons. The predicted molar refractivity (Wildman–Crippen MR) is 132 cm³/mol. The normalized spacial score (nSPS) is 28.4. The van der Waals surface area contributed by atoms with Gasteiger partial charge < -0.3 is 9.47 Å². The molecule has 2 aliphatic rings. The Morgan fingerprint density at radius 2 is 1.69 bits per heavy atom. The minimum absolute atomic E-state index is 0.0442. The van der Waals surface area contributed by atoms with Crippen LogP contribution in [0.4, 0.5) is 0 Å². The number of rotatable bonds is 8. The lowest BCUT2D eigenvalue weighted by molar-refractivity contribution is -0.137. The molecular weight excluding hydrogens is 396 g/mol. The number of hydrogen-bond donors (Lipinski definition) is 0. The fourth-order valence-corrected chi connectivity index (χ4v) is 5.50. The summed E-state index contributed by atoms with van der Waals surface area (Å²) in [6.45, 7) is 19.6. The molecule has 1 aromatic rings. The Labute approximate surface area is 195 Å². The second-order valence-corrected chi connectivity index (χ2v) is 11.1. The lowest BCUT2D eigenvalue weighted by Gasteiger charge is -2.42. The number of allylic oxidation sites excluding steroid dienone is 3. The van der Waals surface area contributed by atoms with Crippen molar-refractivity contribution in [2.24, 2.45) is 11.8 Å². The third kappa shape index (κ3) is 4.73. The van der Waals surface area contributed by atoms with Crippen molar-refractivity contribution in [2.75, 3.05) is 19.8 Å². The fraction of sp³-hybridized carbons (Fsp3) is 0.621. The van der Waals surface area contributed by atoms with E-state index in [1.807, 2.05) is 13.8 Å². The largest absolute Gasteiger partial charge is 0.463 e. The van der Waals surface area contributed by atoms with Crippen molar-refractivity contribution in [2.45, 2.75) is 84.5 Å². The van der Waals surface area contributed by atoms with Crippen LogP contribution in [0.25, 0.3) is 0 Å². The average Bonchev–Trinajstić information content (AvgIpc) is 3.32. The maximum Gasteiger partial charge on any atom is 0.330 e. The van der Waals surface area contributed by atoms with Gasteiger partial charge in [0.05, 0.1) is 13.2 Å². The van der Waals surface area contributed by atoms with Crippen LogP contribution in [0.3, 0.4) is 0 Å². The van der Waals surface area contributed by atoms with Gasteiger partial charge in [0.2, 0.25) is 0 Å². The first kappa shape index (κ1) is 24.8. The summed E-state index contributed by atoms with van der Waals surface area (Å²) in [5.74, 6) is 0.544. The van der Waals surface area contributed by atoms with Gasteiger partial charge in [0.15, 0.2) is 0 Å². The molecule has 0 amide bonds.